The first-order valence-corrected chi connectivity index (χ1v) is 5.94. The molecule has 0 aromatic heterocycles. The van der Waals surface area contributed by atoms with Crippen molar-refractivity contribution in [1.29, 1.82) is 0 Å². The van der Waals surface area contributed by atoms with Gasteiger partial charge in [0.25, 0.3) is 0 Å². The lowest BCUT2D eigenvalue weighted by Crippen LogP contribution is -2.33. The van der Waals surface area contributed by atoms with Crippen LogP contribution in [0, 0.1) is 11.6 Å². The second kappa shape index (κ2) is 4.81. The van der Waals surface area contributed by atoms with Gasteiger partial charge in [-0.3, -0.25) is 0 Å². The molecule has 0 spiro atoms. The highest BCUT2D eigenvalue weighted by molar-refractivity contribution is 5.47. The zero-order chi connectivity index (χ0) is 11.5. The van der Waals surface area contributed by atoms with E-state index in [4.69, 9.17) is 0 Å². The largest absolute Gasteiger partial charge is 0.369 e. The average Bonchev–Trinajstić information content (AvgIpc) is 2.78. The Bertz CT molecular complexity index is 359. The maximum absolute atomic E-state index is 13.2. The SMILES string of the molecule is CCN(c1ccc(F)c(F)c1)C1CCCC1. The van der Waals surface area contributed by atoms with E-state index in [0.29, 0.717) is 6.04 Å². The summed E-state index contributed by atoms with van der Waals surface area (Å²) in [7, 11) is 0. The fourth-order valence-corrected chi connectivity index (χ4v) is 2.53. The summed E-state index contributed by atoms with van der Waals surface area (Å²) < 4.78 is 26.0. The molecule has 0 atom stereocenters. The van der Waals surface area contributed by atoms with Crippen LogP contribution in [0.25, 0.3) is 0 Å². The monoisotopic (exact) mass is 225 g/mol. The van der Waals surface area contributed by atoms with Crippen molar-refractivity contribution in [2.24, 2.45) is 0 Å². The van der Waals surface area contributed by atoms with Crippen LogP contribution in [0.4, 0.5) is 14.5 Å². The molecule has 1 aliphatic rings. The topological polar surface area (TPSA) is 3.24 Å². The molecule has 88 valence electrons. The Labute approximate surface area is 95.1 Å². The molecule has 0 bridgehead atoms. The van der Waals surface area contributed by atoms with Crippen molar-refractivity contribution in [3.63, 3.8) is 0 Å². The molecule has 0 radical (unpaired) electrons. The molecular weight excluding hydrogens is 208 g/mol. The molecule has 0 saturated heterocycles. The van der Waals surface area contributed by atoms with Gasteiger partial charge in [0.05, 0.1) is 0 Å². The second-order valence-electron chi connectivity index (χ2n) is 4.32. The maximum atomic E-state index is 13.2. The van der Waals surface area contributed by atoms with Crippen molar-refractivity contribution in [1.82, 2.24) is 0 Å². The van der Waals surface area contributed by atoms with Crippen molar-refractivity contribution in [2.45, 2.75) is 38.6 Å². The molecule has 0 heterocycles. The van der Waals surface area contributed by atoms with Crippen LogP contribution >= 0.6 is 0 Å². The van der Waals surface area contributed by atoms with Gasteiger partial charge in [-0.05, 0) is 31.9 Å². The van der Waals surface area contributed by atoms with Crippen molar-refractivity contribution in [3.8, 4) is 0 Å². The zero-order valence-electron chi connectivity index (χ0n) is 9.55. The Hall–Kier alpha value is -1.12. The molecule has 1 nitrogen and oxygen atoms in total. The molecule has 16 heavy (non-hydrogen) atoms. The van der Waals surface area contributed by atoms with Crippen LogP contribution in [0.1, 0.15) is 32.6 Å². The predicted molar refractivity (Wildman–Crippen MR) is 61.6 cm³/mol. The van der Waals surface area contributed by atoms with Crippen molar-refractivity contribution in [2.75, 3.05) is 11.4 Å². The fraction of sp³-hybridized carbons (Fsp3) is 0.538. The van der Waals surface area contributed by atoms with Gasteiger partial charge in [0, 0.05) is 24.3 Å². The minimum absolute atomic E-state index is 0.495. The van der Waals surface area contributed by atoms with E-state index in [-0.39, 0.29) is 0 Å². The lowest BCUT2D eigenvalue weighted by Gasteiger charge is -2.30. The van der Waals surface area contributed by atoms with Crippen LogP contribution in [-0.4, -0.2) is 12.6 Å². The van der Waals surface area contributed by atoms with Crippen LogP contribution in [0.3, 0.4) is 0 Å². The third kappa shape index (κ3) is 2.18. The number of rotatable bonds is 3. The van der Waals surface area contributed by atoms with Gasteiger partial charge in [0.2, 0.25) is 0 Å². The first-order valence-electron chi connectivity index (χ1n) is 5.94. The number of nitrogens with zero attached hydrogens (tertiary/aromatic N) is 1. The maximum Gasteiger partial charge on any atom is 0.160 e. The van der Waals surface area contributed by atoms with E-state index in [1.807, 2.05) is 0 Å². The summed E-state index contributed by atoms with van der Waals surface area (Å²) >= 11 is 0. The third-order valence-electron chi connectivity index (χ3n) is 3.34. The lowest BCUT2D eigenvalue weighted by molar-refractivity contribution is 0.507. The van der Waals surface area contributed by atoms with Gasteiger partial charge in [-0.1, -0.05) is 12.8 Å². The molecule has 1 fully saturated rings. The first-order chi connectivity index (χ1) is 7.72. The normalized spacial score (nSPS) is 16.7. The van der Waals surface area contributed by atoms with Crippen LogP contribution in [0.2, 0.25) is 0 Å². The van der Waals surface area contributed by atoms with Gasteiger partial charge in [0.1, 0.15) is 0 Å². The molecule has 1 aromatic carbocycles. The third-order valence-corrected chi connectivity index (χ3v) is 3.34. The van der Waals surface area contributed by atoms with Crippen molar-refractivity contribution in [3.05, 3.63) is 29.8 Å². The van der Waals surface area contributed by atoms with Crippen LogP contribution in [0.15, 0.2) is 18.2 Å². The summed E-state index contributed by atoms with van der Waals surface area (Å²) in [6, 6.07) is 4.68. The minimum Gasteiger partial charge on any atom is -0.369 e. The van der Waals surface area contributed by atoms with E-state index in [2.05, 4.69) is 11.8 Å². The Morgan fingerprint density at radius 3 is 2.44 bits per heavy atom. The van der Waals surface area contributed by atoms with Gasteiger partial charge in [0.15, 0.2) is 11.6 Å². The second-order valence-corrected chi connectivity index (χ2v) is 4.32. The molecule has 3 heteroatoms. The molecule has 0 N–H and O–H groups in total. The molecule has 1 aliphatic carbocycles. The van der Waals surface area contributed by atoms with E-state index in [1.54, 1.807) is 6.07 Å². The average molecular weight is 225 g/mol. The molecule has 0 unspecified atom stereocenters. The Morgan fingerprint density at radius 1 is 1.19 bits per heavy atom. The Morgan fingerprint density at radius 2 is 1.88 bits per heavy atom. The number of hydrogen-bond acceptors (Lipinski definition) is 1. The molecule has 1 aromatic rings. The molecule has 0 amide bonds. The summed E-state index contributed by atoms with van der Waals surface area (Å²) in [4.78, 5) is 2.18. The van der Waals surface area contributed by atoms with Gasteiger partial charge in [-0.25, -0.2) is 8.78 Å². The van der Waals surface area contributed by atoms with Gasteiger partial charge in [-0.15, -0.1) is 0 Å². The zero-order valence-corrected chi connectivity index (χ0v) is 9.55. The van der Waals surface area contributed by atoms with Crippen molar-refractivity contribution >= 4 is 5.69 Å². The van der Waals surface area contributed by atoms with E-state index in [9.17, 15) is 8.78 Å². The van der Waals surface area contributed by atoms with E-state index < -0.39 is 11.6 Å². The number of benzene rings is 1. The lowest BCUT2D eigenvalue weighted by atomic mass is 10.1. The highest BCUT2D eigenvalue weighted by Gasteiger charge is 2.22. The Balaban J connectivity index is 2.22. The number of hydrogen-bond donors (Lipinski definition) is 0. The minimum atomic E-state index is -0.772. The van der Waals surface area contributed by atoms with E-state index in [0.717, 1.165) is 25.1 Å². The van der Waals surface area contributed by atoms with Crippen molar-refractivity contribution < 1.29 is 8.78 Å². The number of anilines is 1. The standard InChI is InChI=1S/C13H17F2N/c1-2-16(10-5-3-4-6-10)11-7-8-12(14)13(15)9-11/h7-10H,2-6H2,1H3. The van der Waals surface area contributed by atoms with E-state index >= 15 is 0 Å². The molecule has 0 aliphatic heterocycles. The van der Waals surface area contributed by atoms with Crippen LogP contribution in [-0.2, 0) is 0 Å². The fourth-order valence-electron chi connectivity index (χ4n) is 2.53. The van der Waals surface area contributed by atoms with Crippen LogP contribution < -0.4 is 4.90 Å². The van der Waals surface area contributed by atoms with Gasteiger partial charge in [-0.2, -0.15) is 0 Å². The summed E-state index contributed by atoms with van der Waals surface area (Å²) in [6.45, 7) is 2.90. The highest BCUT2D eigenvalue weighted by Crippen LogP contribution is 2.28. The smallest absolute Gasteiger partial charge is 0.160 e. The predicted octanol–water partition coefficient (Wildman–Crippen LogP) is 3.73. The van der Waals surface area contributed by atoms with Gasteiger partial charge >= 0.3 is 0 Å². The molecular formula is C13H17F2N. The van der Waals surface area contributed by atoms with Gasteiger partial charge < -0.3 is 4.90 Å². The molecule has 2 rings (SSSR count). The highest BCUT2D eigenvalue weighted by atomic mass is 19.2. The summed E-state index contributed by atoms with van der Waals surface area (Å²) in [5, 5.41) is 0. The van der Waals surface area contributed by atoms with E-state index in [1.165, 1.54) is 25.0 Å². The summed E-state index contributed by atoms with van der Waals surface area (Å²) in [5.74, 6) is -1.53. The van der Waals surface area contributed by atoms with Crippen LogP contribution in [0.5, 0.6) is 0 Å². The Kier molecular flexibility index (Phi) is 3.42. The summed E-state index contributed by atoms with van der Waals surface area (Å²) in [6.07, 6.45) is 4.80. The first kappa shape index (κ1) is 11.4. The quantitative estimate of drug-likeness (QED) is 0.757. The number of halogens is 2. The summed E-state index contributed by atoms with van der Waals surface area (Å²) in [5.41, 5.74) is 0.799. The molecule has 1 saturated carbocycles.